The van der Waals surface area contributed by atoms with Crippen molar-refractivity contribution in [2.45, 2.75) is 18.8 Å². The molecule has 5 nitrogen and oxygen atoms in total. The average molecular weight is 297 g/mol. The van der Waals surface area contributed by atoms with Gasteiger partial charge in [-0.1, -0.05) is 0 Å². The van der Waals surface area contributed by atoms with Gasteiger partial charge >= 0.3 is 0 Å². The molecule has 0 aromatic carbocycles. The van der Waals surface area contributed by atoms with Gasteiger partial charge in [0.05, 0.1) is 10.7 Å². The molecule has 0 aliphatic carbocycles. The summed E-state index contributed by atoms with van der Waals surface area (Å²) in [5.41, 5.74) is 7.81. The summed E-state index contributed by atoms with van der Waals surface area (Å²) in [4.78, 5) is 4.64. The third kappa shape index (κ3) is 1.91. The zero-order valence-electron chi connectivity index (χ0n) is 9.27. The first-order chi connectivity index (χ1) is 8.25. The second-order valence-electron chi connectivity index (χ2n) is 4.22. The van der Waals surface area contributed by atoms with Crippen LogP contribution in [0.2, 0.25) is 0 Å². The zero-order valence-corrected chi connectivity index (χ0v) is 10.9. The number of nitrogens with two attached hydrogens (primary N) is 1. The first-order valence-electron chi connectivity index (χ1n) is 5.63. The van der Waals surface area contributed by atoms with E-state index in [2.05, 4.69) is 26.0 Å². The molecular formula is C11H13BrN4O. The van der Waals surface area contributed by atoms with E-state index in [1.807, 2.05) is 6.07 Å². The summed E-state index contributed by atoms with van der Waals surface area (Å²) in [5.74, 6) is 1.07. The summed E-state index contributed by atoms with van der Waals surface area (Å²) >= 11 is 3.43. The van der Waals surface area contributed by atoms with E-state index >= 15 is 0 Å². The first kappa shape index (κ1) is 11.0. The van der Waals surface area contributed by atoms with Gasteiger partial charge in [0.15, 0.2) is 5.65 Å². The Labute approximate surface area is 107 Å². The van der Waals surface area contributed by atoms with Gasteiger partial charge in [0.2, 0.25) is 0 Å². The minimum Gasteiger partial charge on any atom is -0.384 e. The molecule has 3 heterocycles. The molecule has 0 atom stereocenters. The SMILES string of the molecule is Nc1cc(C2CCOCC2)nc2c(Br)cnn12. The summed E-state index contributed by atoms with van der Waals surface area (Å²) in [5, 5.41) is 4.16. The molecule has 3 rings (SSSR count). The fraction of sp³-hybridized carbons (Fsp3) is 0.455. The van der Waals surface area contributed by atoms with Crippen molar-refractivity contribution in [2.75, 3.05) is 18.9 Å². The van der Waals surface area contributed by atoms with Crippen LogP contribution in [0, 0.1) is 0 Å². The van der Waals surface area contributed by atoms with E-state index in [0.29, 0.717) is 11.7 Å². The quantitative estimate of drug-likeness (QED) is 0.874. The van der Waals surface area contributed by atoms with Crippen LogP contribution in [0.1, 0.15) is 24.5 Å². The maximum absolute atomic E-state index is 5.99. The molecule has 6 heteroatoms. The largest absolute Gasteiger partial charge is 0.384 e. The van der Waals surface area contributed by atoms with Gasteiger partial charge in [-0.15, -0.1) is 0 Å². The molecule has 2 aromatic heterocycles. The van der Waals surface area contributed by atoms with Crippen LogP contribution in [-0.4, -0.2) is 27.8 Å². The highest BCUT2D eigenvalue weighted by atomic mass is 79.9. The third-order valence-corrected chi connectivity index (χ3v) is 3.68. The molecule has 1 fully saturated rings. The smallest absolute Gasteiger partial charge is 0.171 e. The molecule has 0 unspecified atom stereocenters. The molecule has 1 aliphatic rings. The van der Waals surface area contributed by atoms with Crippen molar-refractivity contribution in [1.29, 1.82) is 0 Å². The van der Waals surface area contributed by atoms with Gasteiger partial charge in [0.1, 0.15) is 5.82 Å². The van der Waals surface area contributed by atoms with Gasteiger partial charge in [0, 0.05) is 30.9 Å². The van der Waals surface area contributed by atoms with Crippen LogP contribution in [0.5, 0.6) is 0 Å². The summed E-state index contributed by atoms with van der Waals surface area (Å²) in [6, 6.07) is 1.92. The Morgan fingerprint density at radius 1 is 1.41 bits per heavy atom. The molecule has 0 bridgehead atoms. The third-order valence-electron chi connectivity index (χ3n) is 3.12. The molecule has 17 heavy (non-hydrogen) atoms. The normalized spacial score (nSPS) is 17.7. The average Bonchev–Trinajstić information content (AvgIpc) is 2.73. The van der Waals surface area contributed by atoms with Gasteiger partial charge in [0.25, 0.3) is 0 Å². The standard InChI is InChI=1S/C11H13BrN4O/c12-8-6-14-16-10(13)5-9(15-11(8)16)7-1-3-17-4-2-7/h5-7H,1-4,13H2. The van der Waals surface area contributed by atoms with Crippen molar-refractivity contribution in [3.8, 4) is 0 Å². The lowest BCUT2D eigenvalue weighted by atomic mass is 9.96. The van der Waals surface area contributed by atoms with Gasteiger partial charge in [-0.25, -0.2) is 4.98 Å². The van der Waals surface area contributed by atoms with Crippen LogP contribution in [0.15, 0.2) is 16.7 Å². The minimum atomic E-state index is 0.442. The van der Waals surface area contributed by atoms with Gasteiger partial charge in [-0.05, 0) is 28.8 Å². The Bertz CT molecular complexity index is 548. The topological polar surface area (TPSA) is 65.4 Å². The highest BCUT2D eigenvalue weighted by Crippen LogP contribution is 2.28. The summed E-state index contributed by atoms with van der Waals surface area (Å²) in [6.45, 7) is 1.61. The number of hydrogen-bond donors (Lipinski definition) is 1. The molecule has 0 radical (unpaired) electrons. The highest BCUT2D eigenvalue weighted by Gasteiger charge is 2.19. The Morgan fingerprint density at radius 3 is 2.94 bits per heavy atom. The van der Waals surface area contributed by atoms with Crippen LogP contribution in [0.4, 0.5) is 5.82 Å². The summed E-state index contributed by atoms with van der Waals surface area (Å²) in [6.07, 6.45) is 3.73. The fourth-order valence-electron chi connectivity index (χ4n) is 2.18. The number of anilines is 1. The molecule has 2 N–H and O–H groups in total. The van der Waals surface area contributed by atoms with Crippen molar-refractivity contribution in [3.63, 3.8) is 0 Å². The van der Waals surface area contributed by atoms with Gasteiger partial charge in [-0.3, -0.25) is 0 Å². The number of fused-ring (bicyclic) bond motifs is 1. The molecule has 0 saturated carbocycles. The Hall–Kier alpha value is -1.14. The van der Waals surface area contributed by atoms with E-state index in [4.69, 9.17) is 10.5 Å². The minimum absolute atomic E-state index is 0.442. The Morgan fingerprint density at radius 2 is 2.18 bits per heavy atom. The van der Waals surface area contributed by atoms with Crippen LogP contribution in [-0.2, 0) is 4.74 Å². The van der Waals surface area contributed by atoms with E-state index < -0.39 is 0 Å². The van der Waals surface area contributed by atoms with Gasteiger partial charge < -0.3 is 10.5 Å². The maximum atomic E-state index is 5.99. The number of aromatic nitrogens is 3. The van der Waals surface area contributed by atoms with Crippen molar-refractivity contribution >= 4 is 27.4 Å². The molecule has 0 amide bonds. The number of rotatable bonds is 1. The van der Waals surface area contributed by atoms with Crippen molar-refractivity contribution in [3.05, 3.63) is 22.4 Å². The summed E-state index contributed by atoms with van der Waals surface area (Å²) in [7, 11) is 0. The Balaban J connectivity index is 2.07. The first-order valence-corrected chi connectivity index (χ1v) is 6.42. The van der Waals surface area contributed by atoms with Crippen molar-refractivity contribution in [2.24, 2.45) is 0 Å². The van der Waals surface area contributed by atoms with E-state index in [1.54, 1.807) is 10.7 Å². The predicted molar refractivity (Wildman–Crippen MR) is 67.9 cm³/mol. The van der Waals surface area contributed by atoms with Crippen molar-refractivity contribution in [1.82, 2.24) is 14.6 Å². The number of ether oxygens (including phenoxy) is 1. The lowest BCUT2D eigenvalue weighted by molar-refractivity contribution is 0.0845. The van der Waals surface area contributed by atoms with E-state index in [0.717, 1.165) is 41.9 Å². The Kier molecular flexibility index (Phi) is 2.76. The molecule has 90 valence electrons. The molecule has 2 aromatic rings. The second kappa shape index (κ2) is 4.27. The lowest BCUT2D eigenvalue weighted by Crippen LogP contribution is -2.16. The van der Waals surface area contributed by atoms with Crippen LogP contribution in [0.3, 0.4) is 0 Å². The van der Waals surface area contributed by atoms with Crippen LogP contribution in [0.25, 0.3) is 5.65 Å². The molecular weight excluding hydrogens is 284 g/mol. The van der Waals surface area contributed by atoms with Crippen LogP contribution >= 0.6 is 15.9 Å². The summed E-state index contributed by atoms with van der Waals surface area (Å²) < 4.78 is 7.88. The monoisotopic (exact) mass is 296 g/mol. The number of nitrogens with zero attached hydrogens (tertiary/aromatic N) is 3. The number of nitrogen functional groups attached to an aromatic ring is 1. The molecule has 1 aliphatic heterocycles. The molecule has 0 spiro atoms. The maximum Gasteiger partial charge on any atom is 0.171 e. The van der Waals surface area contributed by atoms with E-state index in [-0.39, 0.29) is 0 Å². The highest BCUT2D eigenvalue weighted by molar-refractivity contribution is 9.10. The lowest BCUT2D eigenvalue weighted by Gasteiger charge is -2.21. The number of hydrogen-bond acceptors (Lipinski definition) is 4. The fourth-order valence-corrected chi connectivity index (χ4v) is 2.53. The zero-order chi connectivity index (χ0) is 11.8. The van der Waals surface area contributed by atoms with Gasteiger partial charge in [-0.2, -0.15) is 9.61 Å². The van der Waals surface area contributed by atoms with E-state index in [1.165, 1.54) is 0 Å². The van der Waals surface area contributed by atoms with Crippen LogP contribution < -0.4 is 5.73 Å². The number of halogens is 1. The predicted octanol–water partition coefficient (Wildman–Crippen LogP) is 1.97. The van der Waals surface area contributed by atoms with E-state index in [9.17, 15) is 0 Å². The second-order valence-corrected chi connectivity index (χ2v) is 5.07. The van der Waals surface area contributed by atoms with Crippen molar-refractivity contribution < 1.29 is 4.74 Å². The molecule has 1 saturated heterocycles.